The fourth-order valence-electron chi connectivity index (χ4n) is 9.98. The summed E-state index contributed by atoms with van der Waals surface area (Å²) in [5.74, 6) is 5.78. The van der Waals surface area contributed by atoms with Crippen LogP contribution in [0.25, 0.3) is 5.76 Å². The molecule has 0 unspecified atom stereocenters. The number of carbonyl (C=O) groups excluding carboxylic acids is 1. The lowest BCUT2D eigenvalue weighted by atomic mass is 9.44. The molecule has 0 saturated heterocycles. The van der Waals surface area contributed by atoms with E-state index in [0.29, 0.717) is 29.2 Å². The molecule has 0 heterocycles. The van der Waals surface area contributed by atoms with Gasteiger partial charge in [-0.3, -0.25) is 4.79 Å². The highest BCUT2D eigenvalue weighted by Crippen LogP contribution is 2.68. The molecule has 8 atom stereocenters. The van der Waals surface area contributed by atoms with Gasteiger partial charge in [-0.05, 0) is 97.2 Å². The topological polar surface area (TPSA) is 37.3 Å². The Morgan fingerprint density at radius 2 is 1.67 bits per heavy atom. The fraction of sp³-hybridized carbons (Fsp3) is 0.735. The van der Waals surface area contributed by atoms with Gasteiger partial charge in [0.1, 0.15) is 5.76 Å². The normalized spacial score (nSPS) is 40.4. The highest BCUT2D eigenvalue weighted by Gasteiger charge is 2.61. The van der Waals surface area contributed by atoms with E-state index in [1.54, 1.807) is 0 Å². The summed E-state index contributed by atoms with van der Waals surface area (Å²) >= 11 is 0. The second kappa shape index (κ2) is 9.95. The van der Waals surface area contributed by atoms with Crippen molar-refractivity contribution in [3.63, 3.8) is 0 Å². The summed E-state index contributed by atoms with van der Waals surface area (Å²) < 4.78 is 0. The third-order valence-corrected chi connectivity index (χ3v) is 11.9. The van der Waals surface area contributed by atoms with E-state index in [1.165, 1.54) is 57.8 Å². The van der Waals surface area contributed by atoms with E-state index in [9.17, 15) is 9.90 Å². The summed E-state index contributed by atoms with van der Waals surface area (Å²) in [6.07, 6.45) is 13.6. The third kappa shape index (κ3) is 4.39. The summed E-state index contributed by atoms with van der Waals surface area (Å²) in [5, 5.41) is 11.2. The van der Waals surface area contributed by atoms with Crippen molar-refractivity contribution in [3.8, 4) is 0 Å². The van der Waals surface area contributed by atoms with Crippen LogP contribution in [-0.4, -0.2) is 10.9 Å². The molecule has 0 aromatic heterocycles. The molecule has 0 amide bonds. The molecule has 2 nitrogen and oxygen atoms in total. The maximum absolute atomic E-state index is 13.2. The van der Waals surface area contributed by atoms with Crippen molar-refractivity contribution in [2.75, 3.05) is 0 Å². The monoisotopic (exact) mass is 490 g/mol. The number of fused-ring (bicyclic) bond motifs is 5. The van der Waals surface area contributed by atoms with Crippen LogP contribution in [0.15, 0.2) is 35.9 Å². The zero-order valence-electron chi connectivity index (χ0n) is 23.6. The second-order valence-electron chi connectivity index (χ2n) is 14.2. The van der Waals surface area contributed by atoms with Gasteiger partial charge in [-0.25, -0.2) is 0 Å². The second-order valence-corrected chi connectivity index (χ2v) is 14.2. The number of allylic oxidation sites excluding steroid dienone is 1. The number of Topliss-reactive ketones (excluding diaryl/α,β-unsaturated/α-hetero) is 1. The molecule has 0 bridgehead atoms. The molecule has 1 aromatic rings. The first kappa shape index (κ1) is 26.1. The van der Waals surface area contributed by atoms with Crippen molar-refractivity contribution < 1.29 is 9.90 Å². The van der Waals surface area contributed by atoms with Gasteiger partial charge in [0.15, 0.2) is 5.78 Å². The lowest BCUT2D eigenvalue weighted by molar-refractivity contribution is -0.133. The van der Waals surface area contributed by atoms with Gasteiger partial charge in [-0.1, -0.05) is 84.2 Å². The molecule has 0 spiro atoms. The molecule has 0 aliphatic heterocycles. The molecule has 4 fully saturated rings. The van der Waals surface area contributed by atoms with E-state index in [1.807, 2.05) is 30.3 Å². The standard InChI is InChI=1S/C34H50O2/c1-22(2)10-9-11-23(3)28-16-17-29-26-15-14-25-20-31(35)27(32(36)24-12-7-6-8-13-24)21-34(25,5)30(26)18-19-33(28,29)4/h6-8,12-13,22-23,25-26,28-30,36H,9-11,14-21H2,1-5H3/b32-27-/t23-,25+,26-,28+,29-,30-,33+,34+/m1/s1. The molecular weight excluding hydrogens is 440 g/mol. The number of hydrogen-bond donors (Lipinski definition) is 1. The van der Waals surface area contributed by atoms with Crippen molar-refractivity contribution >= 4 is 11.5 Å². The van der Waals surface area contributed by atoms with Crippen LogP contribution in [0.5, 0.6) is 0 Å². The van der Waals surface area contributed by atoms with Crippen LogP contribution in [0.4, 0.5) is 0 Å². The van der Waals surface area contributed by atoms with Gasteiger partial charge in [0.2, 0.25) is 0 Å². The van der Waals surface area contributed by atoms with Crippen LogP contribution in [0.3, 0.4) is 0 Å². The molecule has 4 aliphatic rings. The molecule has 5 rings (SSSR count). The summed E-state index contributed by atoms with van der Waals surface area (Å²) in [4.78, 5) is 13.2. The number of benzene rings is 1. The van der Waals surface area contributed by atoms with Crippen molar-refractivity contribution in [2.24, 2.45) is 52.3 Å². The first-order chi connectivity index (χ1) is 17.1. The summed E-state index contributed by atoms with van der Waals surface area (Å²) in [6.45, 7) is 12.4. The number of aliphatic hydroxyl groups is 1. The van der Waals surface area contributed by atoms with E-state index < -0.39 is 0 Å². The van der Waals surface area contributed by atoms with Gasteiger partial charge in [0, 0.05) is 17.6 Å². The Hall–Kier alpha value is -1.57. The number of rotatable bonds is 6. The van der Waals surface area contributed by atoms with Gasteiger partial charge < -0.3 is 5.11 Å². The predicted molar refractivity (Wildman–Crippen MR) is 149 cm³/mol. The number of carbonyl (C=O) groups is 1. The zero-order chi connectivity index (χ0) is 25.7. The maximum Gasteiger partial charge on any atom is 0.162 e. The average Bonchev–Trinajstić information content (AvgIpc) is 3.21. The molecular formula is C34H50O2. The predicted octanol–water partition coefficient (Wildman–Crippen LogP) is 9.26. The Bertz CT molecular complexity index is 976. The molecule has 198 valence electrons. The Morgan fingerprint density at radius 3 is 2.39 bits per heavy atom. The zero-order valence-corrected chi connectivity index (χ0v) is 23.6. The molecule has 1 N–H and O–H groups in total. The third-order valence-electron chi connectivity index (χ3n) is 11.9. The van der Waals surface area contributed by atoms with Crippen molar-refractivity contribution in [3.05, 3.63) is 41.5 Å². The van der Waals surface area contributed by atoms with Crippen LogP contribution in [0.1, 0.15) is 111 Å². The highest BCUT2D eigenvalue weighted by molar-refractivity contribution is 6.02. The van der Waals surface area contributed by atoms with Crippen molar-refractivity contribution in [1.82, 2.24) is 0 Å². The van der Waals surface area contributed by atoms with Gasteiger partial charge in [-0.15, -0.1) is 0 Å². The van der Waals surface area contributed by atoms with Gasteiger partial charge in [0.25, 0.3) is 0 Å². The minimum absolute atomic E-state index is 0.136. The van der Waals surface area contributed by atoms with Gasteiger partial charge in [-0.2, -0.15) is 0 Å². The van der Waals surface area contributed by atoms with Gasteiger partial charge in [0.05, 0.1) is 0 Å². The molecule has 4 saturated carbocycles. The molecule has 4 aliphatic carbocycles. The van der Waals surface area contributed by atoms with Gasteiger partial charge >= 0.3 is 0 Å². The van der Waals surface area contributed by atoms with E-state index in [2.05, 4.69) is 34.6 Å². The maximum atomic E-state index is 13.2. The number of aliphatic hydroxyl groups excluding tert-OH is 1. The SMILES string of the molecule is CC(C)CCC[C@@H](C)[C@@H]1CC[C@@H]2[C@H]3CC[C@H]4CC(=O)/C(=C(\O)c5ccccc5)C[C@]4(C)[C@@H]3CC[C@]21C. The Kier molecular flexibility index (Phi) is 7.20. The van der Waals surface area contributed by atoms with Crippen LogP contribution >= 0.6 is 0 Å². The fourth-order valence-corrected chi connectivity index (χ4v) is 9.98. The van der Waals surface area contributed by atoms with E-state index >= 15 is 0 Å². The molecule has 2 heteroatoms. The Labute approximate surface area is 220 Å². The molecule has 1 aromatic carbocycles. The van der Waals surface area contributed by atoms with E-state index in [4.69, 9.17) is 0 Å². The van der Waals surface area contributed by atoms with Crippen molar-refractivity contribution in [1.29, 1.82) is 0 Å². The van der Waals surface area contributed by atoms with E-state index in [-0.39, 0.29) is 17.0 Å². The average molecular weight is 491 g/mol. The summed E-state index contributed by atoms with van der Waals surface area (Å²) in [5.41, 5.74) is 2.13. The minimum Gasteiger partial charge on any atom is -0.507 e. The quantitative estimate of drug-likeness (QED) is 0.319. The Balaban J connectivity index is 1.36. The minimum atomic E-state index is 0.136. The Morgan fingerprint density at radius 1 is 0.944 bits per heavy atom. The molecule has 0 radical (unpaired) electrons. The first-order valence-electron chi connectivity index (χ1n) is 15.2. The summed E-state index contributed by atoms with van der Waals surface area (Å²) in [6, 6.07) is 9.72. The summed E-state index contributed by atoms with van der Waals surface area (Å²) in [7, 11) is 0. The first-order valence-corrected chi connectivity index (χ1v) is 15.2. The lowest BCUT2D eigenvalue weighted by Crippen LogP contribution is -2.54. The smallest absolute Gasteiger partial charge is 0.162 e. The number of ketones is 1. The lowest BCUT2D eigenvalue weighted by Gasteiger charge is -2.60. The van der Waals surface area contributed by atoms with Crippen LogP contribution in [0.2, 0.25) is 0 Å². The number of hydrogen-bond acceptors (Lipinski definition) is 2. The van der Waals surface area contributed by atoms with E-state index in [0.717, 1.165) is 41.6 Å². The molecule has 36 heavy (non-hydrogen) atoms. The van der Waals surface area contributed by atoms with Crippen LogP contribution < -0.4 is 0 Å². The van der Waals surface area contributed by atoms with Crippen molar-refractivity contribution in [2.45, 2.75) is 105 Å². The highest BCUT2D eigenvalue weighted by atomic mass is 16.3. The largest absolute Gasteiger partial charge is 0.507 e. The van der Waals surface area contributed by atoms with Crippen LogP contribution in [0, 0.1) is 52.3 Å². The van der Waals surface area contributed by atoms with Crippen LogP contribution in [-0.2, 0) is 4.79 Å².